The number of imidazole rings is 1. The van der Waals surface area contributed by atoms with Gasteiger partial charge in [0.15, 0.2) is 0 Å². The van der Waals surface area contributed by atoms with Gasteiger partial charge in [-0.25, -0.2) is 14.3 Å². The van der Waals surface area contributed by atoms with Gasteiger partial charge in [0, 0.05) is 12.5 Å². The smallest absolute Gasteiger partial charge is 0.336 e. The van der Waals surface area contributed by atoms with Crippen LogP contribution in [-0.4, -0.2) is 36.6 Å². The van der Waals surface area contributed by atoms with E-state index in [0.29, 0.717) is 29.9 Å². The second kappa shape index (κ2) is 4.97. The number of pyridine rings is 1. The third-order valence-electron chi connectivity index (χ3n) is 5.70. The molecule has 3 aliphatic rings. The van der Waals surface area contributed by atoms with E-state index in [1.807, 2.05) is 11.0 Å². The monoisotopic (exact) mass is 351 g/mol. The maximum atomic E-state index is 12.9. The standard InChI is InChI=1S/C18H17N5O3/c1-9-4-11(7-20-13(9)6-19)23-17(25)15-14-5-12(22(15)18(23)26)8-21(14)16(24)10-2-3-10/h4,7,10,12,14,25H,2-3,5,8H2,1H3. The van der Waals surface area contributed by atoms with Crippen molar-refractivity contribution in [2.45, 2.75) is 38.3 Å². The fraction of sp³-hybridized carbons (Fsp3) is 0.444. The topological polar surface area (TPSA) is 104 Å². The molecule has 1 amide bonds. The maximum absolute atomic E-state index is 12.9. The van der Waals surface area contributed by atoms with Gasteiger partial charge in [-0.3, -0.25) is 9.36 Å². The molecule has 26 heavy (non-hydrogen) atoms. The van der Waals surface area contributed by atoms with E-state index in [-0.39, 0.29) is 41.2 Å². The van der Waals surface area contributed by atoms with Crippen LogP contribution in [0.4, 0.5) is 0 Å². The van der Waals surface area contributed by atoms with Crippen LogP contribution >= 0.6 is 0 Å². The molecule has 2 aliphatic heterocycles. The first-order chi connectivity index (χ1) is 12.5. The number of hydrogen-bond donors (Lipinski definition) is 1. The first kappa shape index (κ1) is 15.2. The Hall–Kier alpha value is -3.08. The van der Waals surface area contributed by atoms with Crippen LogP contribution in [0.3, 0.4) is 0 Å². The molecule has 0 spiro atoms. The van der Waals surface area contributed by atoms with E-state index in [4.69, 9.17) is 5.26 Å². The molecule has 0 radical (unpaired) electrons. The van der Waals surface area contributed by atoms with Crippen LogP contribution in [0.5, 0.6) is 5.88 Å². The Morgan fingerprint density at radius 1 is 1.42 bits per heavy atom. The van der Waals surface area contributed by atoms with Gasteiger partial charge in [-0.2, -0.15) is 5.26 Å². The summed E-state index contributed by atoms with van der Waals surface area (Å²) in [5.41, 5.74) is 1.53. The SMILES string of the molecule is Cc1cc(-n2c(O)c3n(c2=O)C2CC3N(C(=O)C3CC3)C2)cnc1C#N. The van der Waals surface area contributed by atoms with E-state index in [1.165, 1.54) is 10.8 Å². The summed E-state index contributed by atoms with van der Waals surface area (Å²) in [4.78, 5) is 31.3. The molecule has 2 atom stereocenters. The number of nitrogens with zero attached hydrogens (tertiary/aromatic N) is 5. The number of aryl methyl sites for hydroxylation is 1. The molecule has 2 unspecified atom stereocenters. The number of nitriles is 1. The normalized spacial score (nSPS) is 23.2. The number of hydrogen-bond acceptors (Lipinski definition) is 5. The van der Waals surface area contributed by atoms with Crippen molar-refractivity contribution in [3.63, 3.8) is 0 Å². The van der Waals surface area contributed by atoms with Crippen LogP contribution < -0.4 is 5.69 Å². The minimum absolute atomic E-state index is 0.0928. The number of amides is 1. The van der Waals surface area contributed by atoms with E-state index < -0.39 is 0 Å². The number of carbonyl (C=O) groups excluding carboxylic acids is 1. The highest BCUT2D eigenvalue weighted by Gasteiger charge is 2.51. The lowest BCUT2D eigenvalue weighted by atomic mass is 10.2. The Balaban J connectivity index is 1.61. The van der Waals surface area contributed by atoms with Gasteiger partial charge < -0.3 is 10.0 Å². The van der Waals surface area contributed by atoms with Crippen molar-refractivity contribution in [1.29, 1.82) is 5.26 Å². The predicted octanol–water partition coefficient (Wildman–Crippen LogP) is 1.16. The van der Waals surface area contributed by atoms with Crippen LogP contribution in [0, 0.1) is 24.2 Å². The van der Waals surface area contributed by atoms with Gasteiger partial charge in [0.1, 0.15) is 17.5 Å². The summed E-state index contributed by atoms with van der Waals surface area (Å²) in [6.07, 6.45) is 3.96. The van der Waals surface area contributed by atoms with Gasteiger partial charge in [0.2, 0.25) is 11.8 Å². The lowest BCUT2D eigenvalue weighted by Crippen LogP contribution is -2.38. The minimum Gasteiger partial charge on any atom is -0.493 e. The number of carbonyl (C=O) groups is 1. The number of aromatic hydroxyl groups is 1. The van der Waals surface area contributed by atoms with Crippen molar-refractivity contribution < 1.29 is 9.90 Å². The van der Waals surface area contributed by atoms with Crippen LogP contribution in [0.2, 0.25) is 0 Å². The molecular formula is C18H17N5O3. The van der Waals surface area contributed by atoms with Crippen LogP contribution in [0.25, 0.3) is 5.69 Å². The highest BCUT2D eigenvalue weighted by Crippen LogP contribution is 2.50. The molecule has 4 heterocycles. The average molecular weight is 351 g/mol. The highest BCUT2D eigenvalue weighted by atomic mass is 16.3. The zero-order chi connectivity index (χ0) is 18.2. The molecule has 8 nitrogen and oxygen atoms in total. The van der Waals surface area contributed by atoms with Gasteiger partial charge in [0.25, 0.3) is 0 Å². The van der Waals surface area contributed by atoms with E-state index in [0.717, 1.165) is 12.8 Å². The summed E-state index contributed by atoms with van der Waals surface area (Å²) in [7, 11) is 0. The zero-order valence-electron chi connectivity index (χ0n) is 14.2. The highest BCUT2D eigenvalue weighted by molar-refractivity contribution is 5.82. The van der Waals surface area contributed by atoms with Gasteiger partial charge in [-0.15, -0.1) is 0 Å². The largest absolute Gasteiger partial charge is 0.493 e. The number of aromatic nitrogens is 3. The maximum Gasteiger partial charge on any atom is 0.336 e. The molecule has 1 saturated carbocycles. The zero-order valence-corrected chi connectivity index (χ0v) is 14.2. The predicted molar refractivity (Wildman–Crippen MR) is 89.8 cm³/mol. The summed E-state index contributed by atoms with van der Waals surface area (Å²) >= 11 is 0. The molecule has 8 heteroatoms. The third-order valence-corrected chi connectivity index (χ3v) is 5.70. The average Bonchev–Trinajstić information content (AvgIpc) is 3.21. The molecule has 132 valence electrons. The summed E-state index contributed by atoms with van der Waals surface area (Å²) in [5, 5.41) is 19.8. The lowest BCUT2D eigenvalue weighted by molar-refractivity contribution is -0.134. The molecule has 2 aromatic heterocycles. The first-order valence-corrected chi connectivity index (χ1v) is 8.75. The van der Waals surface area contributed by atoms with Gasteiger partial charge in [-0.1, -0.05) is 0 Å². The van der Waals surface area contributed by atoms with Gasteiger partial charge in [-0.05, 0) is 37.8 Å². The number of likely N-dealkylation sites (tertiary alicyclic amines) is 1. The molecule has 0 aromatic carbocycles. The molecule has 2 bridgehead atoms. The third kappa shape index (κ3) is 1.85. The van der Waals surface area contributed by atoms with Crippen LogP contribution in [0.1, 0.15) is 48.3 Å². The van der Waals surface area contributed by atoms with Gasteiger partial charge >= 0.3 is 5.69 Å². The summed E-state index contributed by atoms with van der Waals surface area (Å²) in [6.45, 7) is 2.27. The fourth-order valence-corrected chi connectivity index (χ4v) is 4.29. The van der Waals surface area contributed by atoms with Crippen molar-refractivity contribution in [2.75, 3.05) is 6.54 Å². The molecule has 2 fully saturated rings. The van der Waals surface area contributed by atoms with Crippen molar-refractivity contribution >= 4 is 5.91 Å². The molecule has 5 rings (SSSR count). The van der Waals surface area contributed by atoms with Crippen LogP contribution in [-0.2, 0) is 4.79 Å². The second-order valence-corrected chi connectivity index (χ2v) is 7.34. The van der Waals surface area contributed by atoms with Crippen molar-refractivity contribution in [3.8, 4) is 17.6 Å². The molecule has 1 saturated heterocycles. The van der Waals surface area contributed by atoms with Crippen LogP contribution in [0.15, 0.2) is 17.1 Å². The molecule has 1 aliphatic carbocycles. The molecule has 2 aromatic rings. The van der Waals surface area contributed by atoms with E-state index in [9.17, 15) is 14.7 Å². The van der Waals surface area contributed by atoms with Crippen molar-refractivity contribution in [1.82, 2.24) is 19.0 Å². The Morgan fingerprint density at radius 2 is 2.19 bits per heavy atom. The summed E-state index contributed by atoms with van der Waals surface area (Å²) < 4.78 is 2.84. The Kier molecular flexibility index (Phi) is 2.91. The summed E-state index contributed by atoms with van der Waals surface area (Å²) in [6, 6.07) is 3.32. The van der Waals surface area contributed by atoms with Crippen molar-refractivity contribution in [2.24, 2.45) is 5.92 Å². The minimum atomic E-state index is -0.325. The van der Waals surface area contributed by atoms with Crippen molar-refractivity contribution in [3.05, 3.63) is 39.7 Å². The summed E-state index contributed by atoms with van der Waals surface area (Å²) in [5.74, 6) is 0.116. The molecular weight excluding hydrogens is 334 g/mol. The second-order valence-electron chi connectivity index (χ2n) is 7.34. The lowest BCUT2D eigenvalue weighted by Gasteiger charge is -2.27. The van der Waals surface area contributed by atoms with E-state index in [1.54, 1.807) is 17.6 Å². The first-order valence-electron chi connectivity index (χ1n) is 8.75. The van der Waals surface area contributed by atoms with E-state index in [2.05, 4.69) is 4.98 Å². The Bertz CT molecular complexity index is 1060. The van der Waals surface area contributed by atoms with Gasteiger partial charge in [0.05, 0.1) is 24.0 Å². The number of fused-ring (bicyclic) bond motifs is 5. The Morgan fingerprint density at radius 3 is 2.85 bits per heavy atom. The number of rotatable bonds is 2. The fourth-order valence-electron chi connectivity index (χ4n) is 4.29. The Labute approximate surface area is 148 Å². The van der Waals surface area contributed by atoms with E-state index >= 15 is 0 Å². The molecule has 1 N–H and O–H groups in total. The quantitative estimate of drug-likeness (QED) is 0.874.